The van der Waals surface area contributed by atoms with E-state index in [9.17, 15) is 0 Å². The van der Waals surface area contributed by atoms with Crippen LogP contribution in [0.4, 0.5) is 0 Å². The summed E-state index contributed by atoms with van der Waals surface area (Å²) in [6.07, 6.45) is 2.12. The van der Waals surface area contributed by atoms with Gasteiger partial charge in [0.25, 0.3) is 0 Å². The Bertz CT molecular complexity index is 194. The van der Waals surface area contributed by atoms with Crippen LogP contribution in [0, 0.1) is 5.41 Å². The topological polar surface area (TPSA) is 47.6 Å². The first-order chi connectivity index (χ1) is 6.01. The second kappa shape index (κ2) is 4.09. The minimum Gasteiger partial charge on any atom is -0.476 e. The van der Waals surface area contributed by atoms with Gasteiger partial charge in [-0.2, -0.15) is 0 Å². The third-order valence-corrected chi connectivity index (χ3v) is 1.97. The molecule has 0 fully saturated rings. The molecule has 0 aliphatic carbocycles. The Morgan fingerprint density at radius 1 is 1.54 bits per heavy atom. The van der Waals surface area contributed by atoms with Gasteiger partial charge in [0.05, 0.1) is 6.54 Å². The molecule has 3 nitrogen and oxygen atoms in total. The number of aliphatic imine (C=N–C) groups is 1. The average Bonchev–Trinajstić information content (AvgIpc) is 2.33. The molecule has 1 heterocycles. The highest BCUT2D eigenvalue weighted by molar-refractivity contribution is 5.77. The first kappa shape index (κ1) is 10.5. The van der Waals surface area contributed by atoms with Crippen LogP contribution in [-0.2, 0) is 4.74 Å². The maximum atomic E-state index is 5.65. The fraction of sp³-hybridized carbons (Fsp3) is 0.900. The van der Waals surface area contributed by atoms with Crippen molar-refractivity contribution in [1.82, 2.24) is 0 Å². The molecule has 3 heteroatoms. The van der Waals surface area contributed by atoms with Crippen molar-refractivity contribution < 1.29 is 4.74 Å². The third kappa shape index (κ3) is 3.77. The van der Waals surface area contributed by atoms with Crippen molar-refractivity contribution in [2.75, 3.05) is 13.1 Å². The van der Waals surface area contributed by atoms with Crippen LogP contribution < -0.4 is 5.73 Å². The normalized spacial score (nSPS) is 22.8. The number of nitrogens with two attached hydrogens (primary N) is 1. The maximum Gasteiger partial charge on any atom is 0.184 e. The van der Waals surface area contributed by atoms with E-state index in [4.69, 9.17) is 10.5 Å². The van der Waals surface area contributed by atoms with E-state index in [1.165, 1.54) is 0 Å². The highest BCUT2D eigenvalue weighted by Crippen LogP contribution is 2.24. The molecule has 1 unspecified atom stereocenters. The molecule has 76 valence electrons. The summed E-state index contributed by atoms with van der Waals surface area (Å²) >= 11 is 0. The lowest BCUT2D eigenvalue weighted by Gasteiger charge is -2.22. The van der Waals surface area contributed by atoms with Gasteiger partial charge in [-0.3, -0.25) is 4.99 Å². The first-order valence-corrected chi connectivity index (χ1v) is 4.91. The van der Waals surface area contributed by atoms with E-state index in [-0.39, 0.29) is 6.10 Å². The molecule has 0 amide bonds. The largest absolute Gasteiger partial charge is 0.476 e. The molecule has 1 aliphatic rings. The monoisotopic (exact) mass is 184 g/mol. The van der Waals surface area contributed by atoms with Crippen molar-refractivity contribution in [2.45, 2.75) is 39.7 Å². The van der Waals surface area contributed by atoms with Crippen LogP contribution in [0.5, 0.6) is 0 Å². The summed E-state index contributed by atoms with van der Waals surface area (Å²) in [5.74, 6) is 0.844. The summed E-state index contributed by atoms with van der Waals surface area (Å²) in [5, 5.41) is 0. The van der Waals surface area contributed by atoms with Gasteiger partial charge in [-0.25, -0.2) is 0 Å². The van der Waals surface area contributed by atoms with E-state index >= 15 is 0 Å². The standard InChI is InChI=1S/C10H20N2O/c1-10(2,3)6-8-7-12-9(13-8)4-5-11/h8H,4-7,11H2,1-3H3. The first-order valence-electron chi connectivity index (χ1n) is 4.91. The smallest absolute Gasteiger partial charge is 0.184 e. The van der Waals surface area contributed by atoms with Crippen LogP contribution in [0.2, 0.25) is 0 Å². The summed E-state index contributed by atoms with van der Waals surface area (Å²) in [7, 11) is 0. The summed E-state index contributed by atoms with van der Waals surface area (Å²) in [4.78, 5) is 4.31. The van der Waals surface area contributed by atoms with Crippen molar-refractivity contribution in [1.29, 1.82) is 0 Å². The predicted molar refractivity (Wildman–Crippen MR) is 54.9 cm³/mol. The Balaban J connectivity index is 2.29. The molecular formula is C10H20N2O. The van der Waals surface area contributed by atoms with Gasteiger partial charge in [0.15, 0.2) is 5.90 Å². The fourth-order valence-corrected chi connectivity index (χ4v) is 1.52. The summed E-state index contributed by atoms with van der Waals surface area (Å²) in [5.41, 5.74) is 5.74. The average molecular weight is 184 g/mol. The van der Waals surface area contributed by atoms with E-state index in [0.717, 1.165) is 25.3 Å². The van der Waals surface area contributed by atoms with Crippen molar-refractivity contribution in [3.05, 3.63) is 0 Å². The second-order valence-corrected chi connectivity index (χ2v) is 4.78. The molecule has 0 saturated heterocycles. The molecule has 0 saturated carbocycles. The zero-order valence-corrected chi connectivity index (χ0v) is 8.84. The Labute approximate surface area is 80.4 Å². The van der Waals surface area contributed by atoms with Crippen LogP contribution in [0.15, 0.2) is 4.99 Å². The third-order valence-electron chi connectivity index (χ3n) is 1.97. The molecule has 0 aromatic rings. The van der Waals surface area contributed by atoms with Gasteiger partial charge in [0, 0.05) is 13.0 Å². The molecule has 1 atom stereocenters. The SMILES string of the molecule is CC(C)(C)CC1CN=C(CCN)O1. The summed E-state index contributed by atoms with van der Waals surface area (Å²) in [6, 6.07) is 0. The minimum atomic E-state index is 0.279. The van der Waals surface area contributed by atoms with Gasteiger partial charge < -0.3 is 10.5 Å². The molecule has 2 N–H and O–H groups in total. The van der Waals surface area contributed by atoms with Crippen LogP contribution >= 0.6 is 0 Å². The second-order valence-electron chi connectivity index (χ2n) is 4.78. The summed E-state index contributed by atoms with van der Waals surface area (Å²) < 4.78 is 5.65. The van der Waals surface area contributed by atoms with Crippen molar-refractivity contribution in [3.8, 4) is 0 Å². The van der Waals surface area contributed by atoms with E-state index in [0.29, 0.717) is 12.0 Å². The number of hydrogen-bond acceptors (Lipinski definition) is 3. The predicted octanol–water partition coefficient (Wildman–Crippen LogP) is 1.57. The molecule has 0 aromatic heterocycles. The van der Waals surface area contributed by atoms with Gasteiger partial charge in [-0.15, -0.1) is 0 Å². The molecule has 13 heavy (non-hydrogen) atoms. The van der Waals surface area contributed by atoms with Gasteiger partial charge in [-0.1, -0.05) is 20.8 Å². The van der Waals surface area contributed by atoms with Crippen molar-refractivity contribution in [3.63, 3.8) is 0 Å². The number of rotatable bonds is 3. The number of ether oxygens (including phenoxy) is 1. The van der Waals surface area contributed by atoms with E-state index in [1.807, 2.05) is 0 Å². The molecular weight excluding hydrogens is 164 g/mol. The van der Waals surface area contributed by atoms with Crippen LogP contribution in [0.25, 0.3) is 0 Å². The number of hydrogen-bond donors (Lipinski definition) is 1. The van der Waals surface area contributed by atoms with E-state index in [1.54, 1.807) is 0 Å². The zero-order valence-electron chi connectivity index (χ0n) is 8.84. The van der Waals surface area contributed by atoms with Crippen molar-refractivity contribution in [2.24, 2.45) is 16.1 Å². The Morgan fingerprint density at radius 3 is 2.77 bits per heavy atom. The van der Waals surface area contributed by atoms with Gasteiger partial charge in [0.1, 0.15) is 6.10 Å². The van der Waals surface area contributed by atoms with Gasteiger partial charge >= 0.3 is 0 Å². The van der Waals surface area contributed by atoms with E-state index < -0.39 is 0 Å². The Kier molecular flexibility index (Phi) is 3.31. The fourth-order valence-electron chi connectivity index (χ4n) is 1.52. The molecule has 0 bridgehead atoms. The number of nitrogens with zero attached hydrogens (tertiary/aromatic N) is 1. The molecule has 1 rings (SSSR count). The van der Waals surface area contributed by atoms with Gasteiger partial charge in [0.2, 0.25) is 0 Å². The van der Waals surface area contributed by atoms with Crippen LogP contribution in [-0.4, -0.2) is 25.1 Å². The highest BCUT2D eigenvalue weighted by atomic mass is 16.5. The Hall–Kier alpha value is -0.570. The lowest BCUT2D eigenvalue weighted by molar-refractivity contribution is 0.157. The highest BCUT2D eigenvalue weighted by Gasteiger charge is 2.24. The Morgan fingerprint density at radius 2 is 2.23 bits per heavy atom. The maximum absolute atomic E-state index is 5.65. The summed E-state index contributed by atoms with van der Waals surface area (Å²) in [6.45, 7) is 8.10. The quantitative estimate of drug-likeness (QED) is 0.723. The molecule has 1 aliphatic heterocycles. The zero-order chi connectivity index (χ0) is 9.90. The molecule has 0 radical (unpaired) electrons. The van der Waals surface area contributed by atoms with Crippen molar-refractivity contribution >= 4 is 5.90 Å². The molecule has 0 aromatic carbocycles. The van der Waals surface area contributed by atoms with Gasteiger partial charge in [-0.05, 0) is 11.8 Å². The van der Waals surface area contributed by atoms with E-state index in [2.05, 4.69) is 25.8 Å². The lowest BCUT2D eigenvalue weighted by atomic mass is 9.89. The molecule has 0 spiro atoms. The lowest BCUT2D eigenvalue weighted by Crippen LogP contribution is -2.21. The van der Waals surface area contributed by atoms with Crippen LogP contribution in [0.1, 0.15) is 33.6 Å². The minimum absolute atomic E-state index is 0.279. The van der Waals surface area contributed by atoms with Crippen LogP contribution in [0.3, 0.4) is 0 Å².